The second-order valence-electron chi connectivity index (χ2n) is 14.7. The van der Waals surface area contributed by atoms with Crippen molar-refractivity contribution in [3.8, 4) is 84.7 Å². The van der Waals surface area contributed by atoms with Crippen molar-refractivity contribution >= 4 is 0 Å². The second-order valence-corrected chi connectivity index (χ2v) is 14.7. The smallest absolute Gasteiger partial charge is 0.164 e. The van der Waals surface area contributed by atoms with Gasteiger partial charge in [0.1, 0.15) is 0 Å². The van der Waals surface area contributed by atoms with E-state index in [1.165, 1.54) is 44.5 Å². The summed E-state index contributed by atoms with van der Waals surface area (Å²) in [4.78, 5) is 14.7. The van der Waals surface area contributed by atoms with Gasteiger partial charge in [0.05, 0.1) is 17.0 Å². The molecule has 0 atom stereocenters. The van der Waals surface area contributed by atoms with Crippen molar-refractivity contribution < 1.29 is 0 Å². The minimum absolute atomic E-state index is 0.524. The molecule has 0 saturated heterocycles. The third-order valence-electron chi connectivity index (χ3n) is 11.6. The minimum Gasteiger partial charge on any atom is -0.208 e. The third-order valence-corrected chi connectivity index (χ3v) is 11.6. The lowest BCUT2D eigenvalue weighted by Crippen LogP contribution is -2.26. The van der Waals surface area contributed by atoms with Crippen LogP contribution >= 0.6 is 0 Å². The first kappa shape index (κ1) is 32.7. The largest absolute Gasteiger partial charge is 0.208 e. The van der Waals surface area contributed by atoms with Crippen LogP contribution in [0.25, 0.3) is 78.7 Å². The summed E-state index contributed by atoms with van der Waals surface area (Å²) in [5, 5.41) is 10.0. The lowest BCUT2D eigenvalue weighted by atomic mass is 9.70. The van der Waals surface area contributed by atoms with Crippen molar-refractivity contribution in [3.05, 3.63) is 222 Å². The zero-order valence-electron chi connectivity index (χ0n) is 30.8. The van der Waals surface area contributed by atoms with Gasteiger partial charge in [-0.05, 0) is 91.0 Å². The molecule has 0 radical (unpaired) electrons. The van der Waals surface area contributed by atoms with Gasteiger partial charge in [0.2, 0.25) is 0 Å². The van der Waals surface area contributed by atoms with E-state index in [1.54, 1.807) is 0 Å². The van der Waals surface area contributed by atoms with E-state index in [0.717, 1.165) is 38.9 Å². The Labute approximate surface area is 331 Å². The summed E-state index contributed by atoms with van der Waals surface area (Å²) in [5.74, 6) is 1.92. The molecule has 1 spiro atoms. The van der Waals surface area contributed by atoms with E-state index in [1.807, 2.05) is 66.7 Å². The number of nitriles is 1. The van der Waals surface area contributed by atoms with E-state index in [-0.39, 0.29) is 0 Å². The lowest BCUT2D eigenvalue weighted by molar-refractivity contribution is 0.793. The molecule has 0 saturated carbocycles. The van der Waals surface area contributed by atoms with Crippen molar-refractivity contribution in [1.82, 2.24) is 15.0 Å². The van der Waals surface area contributed by atoms with Gasteiger partial charge < -0.3 is 0 Å². The van der Waals surface area contributed by atoms with E-state index < -0.39 is 5.41 Å². The topological polar surface area (TPSA) is 62.5 Å². The van der Waals surface area contributed by atoms with Crippen LogP contribution in [0.15, 0.2) is 194 Å². The lowest BCUT2D eigenvalue weighted by Gasteiger charge is -2.30. The Morgan fingerprint density at radius 2 is 0.719 bits per heavy atom. The van der Waals surface area contributed by atoms with Crippen LogP contribution in [-0.2, 0) is 5.41 Å². The van der Waals surface area contributed by atoms with Crippen LogP contribution in [0.4, 0.5) is 0 Å². The highest BCUT2D eigenvalue weighted by Gasteiger charge is 2.51. The Kier molecular flexibility index (Phi) is 7.42. The molecule has 9 aromatic rings. The summed E-state index contributed by atoms with van der Waals surface area (Å²) in [5.41, 5.74) is 17.3. The number of fused-ring (bicyclic) bond motifs is 10. The summed E-state index contributed by atoms with van der Waals surface area (Å²) < 4.78 is 0. The molecule has 1 aromatic heterocycles. The Morgan fingerprint density at radius 1 is 0.316 bits per heavy atom. The predicted octanol–water partition coefficient (Wildman–Crippen LogP) is 12.4. The molecular formula is C53H32N4. The molecule has 264 valence electrons. The normalized spacial score (nSPS) is 12.7. The first-order chi connectivity index (χ1) is 28.2. The molecule has 0 unspecified atom stereocenters. The van der Waals surface area contributed by atoms with Gasteiger partial charge in [-0.1, -0.05) is 170 Å². The first-order valence-corrected chi connectivity index (χ1v) is 19.2. The number of benzene rings is 8. The molecule has 0 N–H and O–H groups in total. The molecule has 4 heteroatoms. The van der Waals surface area contributed by atoms with Crippen LogP contribution in [0.5, 0.6) is 0 Å². The molecule has 1 heterocycles. The second kappa shape index (κ2) is 12.9. The number of aromatic nitrogens is 3. The van der Waals surface area contributed by atoms with E-state index in [2.05, 4.69) is 133 Å². The summed E-state index contributed by atoms with van der Waals surface area (Å²) >= 11 is 0. The minimum atomic E-state index is -0.524. The molecule has 4 nitrogen and oxygen atoms in total. The molecule has 8 aromatic carbocycles. The van der Waals surface area contributed by atoms with Gasteiger partial charge >= 0.3 is 0 Å². The van der Waals surface area contributed by atoms with E-state index in [0.29, 0.717) is 23.0 Å². The van der Waals surface area contributed by atoms with Gasteiger partial charge in [0, 0.05) is 16.7 Å². The highest BCUT2D eigenvalue weighted by atomic mass is 15.0. The first-order valence-electron chi connectivity index (χ1n) is 19.2. The maximum Gasteiger partial charge on any atom is 0.164 e. The highest BCUT2D eigenvalue weighted by molar-refractivity contribution is 5.96. The SMILES string of the molecule is N#Cc1ccc2c(c1)C1(c3ccccc3-c3ccccc31)c1cc(-c3cccc(-c4ccc(-c5nc(-c6ccccc6)nc(-c6ccccc6)n5)cc4)c3)ccc1-2. The van der Waals surface area contributed by atoms with Gasteiger partial charge in [0.15, 0.2) is 17.5 Å². The fourth-order valence-corrected chi connectivity index (χ4v) is 9.02. The molecule has 0 amide bonds. The van der Waals surface area contributed by atoms with Crippen LogP contribution in [0.1, 0.15) is 27.8 Å². The van der Waals surface area contributed by atoms with Crippen LogP contribution < -0.4 is 0 Å². The maximum absolute atomic E-state index is 10.0. The Bertz CT molecular complexity index is 2970. The van der Waals surface area contributed by atoms with Crippen molar-refractivity contribution in [3.63, 3.8) is 0 Å². The van der Waals surface area contributed by atoms with Crippen LogP contribution in [0.3, 0.4) is 0 Å². The van der Waals surface area contributed by atoms with E-state index in [4.69, 9.17) is 15.0 Å². The molecule has 11 rings (SSSR count). The predicted molar refractivity (Wildman–Crippen MR) is 228 cm³/mol. The van der Waals surface area contributed by atoms with Crippen molar-refractivity contribution in [2.45, 2.75) is 5.41 Å². The highest BCUT2D eigenvalue weighted by Crippen LogP contribution is 2.63. The van der Waals surface area contributed by atoms with Crippen LogP contribution in [0, 0.1) is 11.3 Å². The summed E-state index contributed by atoms with van der Waals surface area (Å²) in [6, 6.07) is 70.4. The van der Waals surface area contributed by atoms with Gasteiger partial charge in [-0.15, -0.1) is 0 Å². The van der Waals surface area contributed by atoms with Gasteiger partial charge in [-0.25, -0.2) is 15.0 Å². The maximum atomic E-state index is 10.0. The molecule has 2 aliphatic carbocycles. The summed E-state index contributed by atoms with van der Waals surface area (Å²) in [6.45, 7) is 0. The summed E-state index contributed by atoms with van der Waals surface area (Å²) in [7, 11) is 0. The van der Waals surface area contributed by atoms with E-state index in [9.17, 15) is 5.26 Å². The number of rotatable bonds is 5. The van der Waals surface area contributed by atoms with Crippen molar-refractivity contribution in [2.24, 2.45) is 0 Å². The molecule has 0 bridgehead atoms. The van der Waals surface area contributed by atoms with E-state index >= 15 is 0 Å². The molecule has 2 aliphatic rings. The zero-order valence-corrected chi connectivity index (χ0v) is 30.8. The van der Waals surface area contributed by atoms with Crippen LogP contribution in [0.2, 0.25) is 0 Å². The number of hydrogen-bond donors (Lipinski definition) is 0. The van der Waals surface area contributed by atoms with Gasteiger partial charge in [-0.2, -0.15) is 5.26 Å². The van der Waals surface area contributed by atoms with Crippen molar-refractivity contribution in [1.29, 1.82) is 5.26 Å². The molecule has 57 heavy (non-hydrogen) atoms. The summed E-state index contributed by atoms with van der Waals surface area (Å²) in [6.07, 6.45) is 0. The Morgan fingerprint density at radius 3 is 1.30 bits per heavy atom. The third kappa shape index (κ3) is 5.10. The van der Waals surface area contributed by atoms with Crippen LogP contribution in [-0.4, -0.2) is 15.0 Å². The number of hydrogen-bond acceptors (Lipinski definition) is 4. The standard InChI is InChI=1S/C53H32N4/c54-33-34-22-28-44-45-29-27-41(32-49(45)53(48(44)30-34)46-20-9-7-18-42(46)43-19-8-10-21-47(43)53)40-17-11-16-39(31-40)35-23-25-38(26-24-35)52-56-50(36-12-3-1-4-13-36)55-51(57-52)37-14-5-2-6-15-37/h1-32H. The Balaban J connectivity index is 0.995. The van der Waals surface area contributed by atoms with Gasteiger partial charge in [-0.3, -0.25) is 0 Å². The fourth-order valence-electron chi connectivity index (χ4n) is 9.02. The zero-order chi connectivity index (χ0) is 37.9. The Hall–Kier alpha value is -7.74. The van der Waals surface area contributed by atoms with Gasteiger partial charge in [0.25, 0.3) is 0 Å². The quantitative estimate of drug-likeness (QED) is 0.177. The number of nitrogens with zero attached hydrogens (tertiary/aromatic N) is 4. The molecule has 0 aliphatic heterocycles. The van der Waals surface area contributed by atoms with Crippen molar-refractivity contribution in [2.75, 3.05) is 0 Å². The molecular weight excluding hydrogens is 693 g/mol. The average molecular weight is 725 g/mol. The molecule has 0 fully saturated rings. The fraction of sp³-hybridized carbons (Fsp3) is 0.0189. The monoisotopic (exact) mass is 724 g/mol. The average Bonchev–Trinajstić information content (AvgIpc) is 3.76.